The molecule has 0 bridgehead atoms. The van der Waals surface area contributed by atoms with Crippen LogP contribution in [-0.2, 0) is 0 Å². The van der Waals surface area contributed by atoms with E-state index in [9.17, 15) is 0 Å². The quantitative estimate of drug-likeness (QED) is 0.217. The van der Waals surface area contributed by atoms with Gasteiger partial charge in [0.1, 0.15) is 0 Å². The van der Waals surface area contributed by atoms with Crippen molar-refractivity contribution >= 4 is 66.0 Å². The third-order valence-electron chi connectivity index (χ3n) is 6.34. The van der Waals surface area contributed by atoms with Crippen LogP contribution in [0.3, 0.4) is 0 Å². The smallest absolute Gasteiger partial charge is 0.0703 e. The minimum Gasteiger partial charge on any atom is -0.305 e. The van der Waals surface area contributed by atoms with Crippen molar-refractivity contribution in [1.29, 1.82) is 0 Å². The first-order valence-electron chi connectivity index (χ1n) is 10.7. The van der Waals surface area contributed by atoms with Crippen LogP contribution in [-0.4, -0.2) is 0 Å². The third-order valence-corrected chi connectivity index (χ3v) is 7.61. The molecule has 0 atom stereocenters. The third kappa shape index (κ3) is 3.37. The summed E-state index contributed by atoms with van der Waals surface area (Å²) in [6.45, 7) is 8.65. The standard InChI is InChI=1S/C28H24Br2N2/c1-17-13-21(29)27(15-19(17)3)31-23-9-5-7-11-25(23)32(26-12-8-6-10-24(26)31)28-16-20(4)18(2)14-22(28)30/h5-16H,1-4H3. The van der Waals surface area contributed by atoms with Crippen molar-refractivity contribution in [3.63, 3.8) is 0 Å². The number of hydrogen-bond donors (Lipinski definition) is 0. The van der Waals surface area contributed by atoms with Crippen molar-refractivity contribution in [1.82, 2.24) is 0 Å². The summed E-state index contributed by atoms with van der Waals surface area (Å²) in [5.41, 5.74) is 12.0. The maximum atomic E-state index is 3.85. The Balaban J connectivity index is 1.82. The van der Waals surface area contributed by atoms with Gasteiger partial charge in [0.15, 0.2) is 0 Å². The van der Waals surface area contributed by atoms with Crippen LogP contribution in [0.1, 0.15) is 22.3 Å². The fourth-order valence-electron chi connectivity index (χ4n) is 4.34. The molecule has 5 rings (SSSR count). The molecule has 0 N–H and O–H groups in total. The Hall–Kier alpha value is -2.56. The van der Waals surface area contributed by atoms with Crippen LogP contribution >= 0.6 is 31.9 Å². The molecule has 32 heavy (non-hydrogen) atoms. The predicted octanol–water partition coefficient (Wildman–Crippen LogP) is 9.70. The van der Waals surface area contributed by atoms with Crippen LogP contribution in [0.4, 0.5) is 34.1 Å². The minimum absolute atomic E-state index is 1.09. The molecule has 0 radical (unpaired) electrons. The Morgan fingerprint density at radius 2 is 0.719 bits per heavy atom. The van der Waals surface area contributed by atoms with Gasteiger partial charge in [-0.15, -0.1) is 0 Å². The Labute approximate surface area is 206 Å². The average Bonchev–Trinajstić information content (AvgIpc) is 2.78. The summed E-state index contributed by atoms with van der Waals surface area (Å²) in [5, 5.41) is 0. The molecule has 0 saturated carbocycles. The highest BCUT2D eigenvalue weighted by Crippen LogP contribution is 2.56. The molecule has 160 valence electrons. The normalized spacial score (nSPS) is 12.6. The zero-order valence-electron chi connectivity index (χ0n) is 18.6. The second kappa shape index (κ2) is 8.09. The molecule has 0 aromatic heterocycles. The highest BCUT2D eigenvalue weighted by atomic mass is 79.9. The zero-order valence-corrected chi connectivity index (χ0v) is 21.8. The topological polar surface area (TPSA) is 6.48 Å². The van der Waals surface area contributed by atoms with Gasteiger partial charge in [0, 0.05) is 8.95 Å². The molecule has 0 unspecified atom stereocenters. The Bertz CT molecular complexity index is 1210. The summed E-state index contributed by atoms with van der Waals surface area (Å²) in [6, 6.07) is 26.2. The zero-order chi connectivity index (χ0) is 22.6. The van der Waals surface area contributed by atoms with Gasteiger partial charge < -0.3 is 9.80 Å². The number of nitrogens with zero attached hydrogens (tertiary/aromatic N) is 2. The van der Waals surface area contributed by atoms with Crippen molar-refractivity contribution < 1.29 is 0 Å². The van der Waals surface area contributed by atoms with Gasteiger partial charge in [-0.3, -0.25) is 0 Å². The fraction of sp³-hybridized carbons (Fsp3) is 0.143. The lowest BCUT2D eigenvalue weighted by atomic mass is 10.0. The number of fused-ring (bicyclic) bond motifs is 2. The van der Waals surface area contributed by atoms with E-state index in [1.807, 2.05) is 0 Å². The van der Waals surface area contributed by atoms with Gasteiger partial charge in [0.05, 0.1) is 34.1 Å². The summed E-state index contributed by atoms with van der Waals surface area (Å²) in [6.07, 6.45) is 0. The molecule has 1 aliphatic heterocycles. The lowest BCUT2D eigenvalue weighted by Gasteiger charge is -2.41. The molecule has 0 saturated heterocycles. The lowest BCUT2D eigenvalue weighted by Crippen LogP contribution is -2.24. The Morgan fingerprint density at radius 1 is 0.438 bits per heavy atom. The maximum Gasteiger partial charge on any atom is 0.0703 e. The van der Waals surface area contributed by atoms with E-state index in [0.29, 0.717) is 0 Å². The van der Waals surface area contributed by atoms with Crippen LogP contribution in [0.2, 0.25) is 0 Å². The summed E-state index contributed by atoms with van der Waals surface area (Å²) < 4.78 is 2.18. The molecule has 0 amide bonds. The molecular formula is C28H24Br2N2. The number of halogens is 2. The number of para-hydroxylation sites is 4. The fourth-order valence-corrected chi connectivity index (χ4v) is 5.61. The minimum atomic E-state index is 1.09. The molecular weight excluding hydrogens is 524 g/mol. The molecule has 0 spiro atoms. The van der Waals surface area contributed by atoms with Crippen molar-refractivity contribution in [3.05, 3.63) is 104 Å². The van der Waals surface area contributed by atoms with Crippen molar-refractivity contribution in [2.45, 2.75) is 27.7 Å². The summed E-state index contributed by atoms with van der Waals surface area (Å²) in [4.78, 5) is 4.74. The van der Waals surface area contributed by atoms with Crippen LogP contribution in [0.5, 0.6) is 0 Å². The monoisotopic (exact) mass is 546 g/mol. The molecule has 2 nitrogen and oxygen atoms in total. The van der Waals surface area contributed by atoms with E-state index in [1.54, 1.807) is 0 Å². The van der Waals surface area contributed by atoms with Gasteiger partial charge in [0.25, 0.3) is 0 Å². The lowest BCUT2D eigenvalue weighted by molar-refractivity contribution is 1.15. The van der Waals surface area contributed by atoms with E-state index in [-0.39, 0.29) is 0 Å². The second-order valence-electron chi connectivity index (χ2n) is 8.42. The number of rotatable bonds is 2. The molecule has 0 fully saturated rings. The van der Waals surface area contributed by atoms with E-state index in [0.717, 1.165) is 43.1 Å². The number of anilines is 6. The Kier molecular flexibility index (Phi) is 5.39. The molecule has 0 aliphatic carbocycles. The highest BCUT2D eigenvalue weighted by molar-refractivity contribution is 9.11. The Morgan fingerprint density at radius 3 is 1.03 bits per heavy atom. The van der Waals surface area contributed by atoms with Crippen LogP contribution in [0, 0.1) is 27.7 Å². The van der Waals surface area contributed by atoms with Gasteiger partial charge in [-0.2, -0.15) is 0 Å². The largest absolute Gasteiger partial charge is 0.305 e. The second-order valence-corrected chi connectivity index (χ2v) is 10.1. The first-order chi connectivity index (χ1) is 15.4. The van der Waals surface area contributed by atoms with Crippen molar-refractivity contribution in [2.75, 3.05) is 9.80 Å². The van der Waals surface area contributed by atoms with Gasteiger partial charge in [-0.1, -0.05) is 24.3 Å². The number of benzene rings is 4. The van der Waals surface area contributed by atoms with Crippen LogP contribution < -0.4 is 9.80 Å². The predicted molar refractivity (Wildman–Crippen MR) is 144 cm³/mol. The van der Waals surface area contributed by atoms with Gasteiger partial charge >= 0.3 is 0 Å². The first kappa shape index (κ1) is 21.3. The van der Waals surface area contributed by atoms with Crippen molar-refractivity contribution in [2.24, 2.45) is 0 Å². The average molecular weight is 548 g/mol. The molecule has 1 heterocycles. The summed E-state index contributed by atoms with van der Waals surface area (Å²) in [5.74, 6) is 0. The molecule has 4 heteroatoms. The van der Waals surface area contributed by atoms with Gasteiger partial charge in [0.2, 0.25) is 0 Å². The summed E-state index contributed by atoms with van der Waals surface area (Å²) in [7, 11) is 0. The van der Waals surface area contributed by atoms with Crippen LogP contribution in [0.15, 0.2) is 81.7 Å². The summed E-state index contributed by atoms with van der Waals surface area (Å²) >= 11 is 7.69. The van der Waals surface area contributed by atoms with Gasteiger partial charge in [-0.05, 0) is 130 Å². The van der Waals surface area contributed by atoms with E-state index < -0.39 is 0 Å². The number of aryl methyl sites for hydroxylation is 4. The van der Waals surface area contributed by atoms with Crippen molar-refractivity contribution in [3.8, 4) is 0 Å². The molecule has 4 aromatic carbocycles. The van der Waals surface area contributed by atoms with Gasteiger partial charge in [-0.25, -0.2) is 0 Å². The van der Waals surface area contributed by atoms with E-state index >= 15 is 0 Å². The van der Waals surface area contributed by atoms with E-state index in [4.69, 9.17) is 0 Å². The van der Waals surface area contributed by atoms with E-state index in [1.165, 1.54) is 22.3 Å². The maximum absolute atomic E-state index is 3.85. The molecule has 4 aromatic rings. The number of hydrogen-bond acceptors (Lipinski definition) is 2. The highest BCUT2D eigenvalue weighted by Gasteiger charge is 2.32. The first-order valence-corrected chi connectivity index (χ1v) is 12.3. The molecule has 1 aliphatic rings. The van der Waals surface area contributed by atoms with Crippen LogP contribution in [0.25, 0.3) is 0 Å². The van der Waals surface area contributed by atoms with E-state index in [2.05, 4.69) is 142 Å². The SMILES string of the molecule is Cc1cc(Br)c(N2c3ccccc3N(c3cc(C)c(C)cc3Br)c3ccccc32)cc1C.